The van der Waals surface area contributed by atoms with Crippen molar-refractivity contribution in [3.05, 3.63) is 28.0 Å². The fraction of sp³-hybridized carbons (Fsp3) is 0.125. The zero-order valence-corrected chi connectivity index (χ0v) is 6.52. The molecule has 0 fully saturated rings. The molecule has 1 aromatic rings. The Bertz CT molecular complexity index is 248. The van der Waals surface area contributed by atoms with Crippen LogP contribution in [-0.4, -0.2) is 6.29 Å². The second-order valence-corrected chi connectivity index (χ2v) is 2.81. The maximum Gasteiger partial charge on any atom is 0.160 e. The van der Waals surface area contributed by atoms with Gasteiger partial charge in [0.05, 0.1) is 4.88 Å². The summed E-state index contributed by atoms with van der Waals surface area (Å²) in [7, 11) is 0. The van der Waals surface area contributed by atoms with E-state index >= 15 is 0 Å². The molecule has 2 heteroatoms. The SMILES string of the molecule is CC=Cc1ccsc1C=O. The summed E-state index contributed by atoms with van der Waals surface area (Å²) < 4.78 is 0. The fourth-order valence-electron chi connectivity index (χ4n) is 0.744. The van der Waals surface area contributed by atoms with Crippen LogP contribution in [0.1, 0.15) is 22.2 Å². The third kappa shape index (κ3) is 1.33. The zero-order valence-electron chi connectivity index (χ0n) is 5.70. The minimum absolute atomic E-state index is 0.804. The van der Waals surface area contributed by atoms with E-state index in [9.17, 15) is 4.79 Å². The third-order valence-corrected chi connectivity index (χ3v) is 2.04. The zero-order chi connectivity index (χ0) is 7.40. The van der Waals surface area contributed by atoms with E-state index in [1.54, 1.807) is 0 Å². The number of hydrogen-bond acceptors (Lipinski definition) is 2. The molecule has 0 amide bonds. The molecule has 0 aliphatic carbocycles. The molecule has 0 aromatic carbocycles. The molecule has 1 rings (SSSR count). The average Bonchev–Trinajstić information content (AvgIpc) is 2.36. The van der Waals surface area contributed by atoms with Crippen LogP contribution < -0.4 is 0 Å². The minimum atomic E-state index is 0.804. The van der Waals surface area contributed by atoms with Gasteiger partial charge in [0.15, 0.2) is 6.29 Å². The van der Waals surface area contributed by atoms with Gasteiger partial charge in [0.1, 0.15) is 0 Å². The van der Waals surface area contributed by atoms with E-state index in [2.05, 4.69) is 0 Å². The van der Waals surface area contributed by atoms with Gasteiger partial charge in [-0.1, -0.05) is 12.2 Å². The molecule has 1 aromatic heterocycles. The summed E-state index contributed by atoms with van der Waals surface area (Å²) in [5.74, 6) is 0. The van der Waals surface area contributed by atoms with Gasteiger partial charge in [-0.05, 0) is 23.9 Å². The molecule has 0 saturated carbocycles. The summed E-state index contributed by atoms with van der Waals surface area (Å²) in [4.78, 5) is 11.1. The first-order chi connectivity index (χ1) is 4.88. The second kappa shape index (κ2) is 3.32. The molecule has 0 spiro atoms. The summed E-state index contributed by atoms with van der Waals surface area (Å²) in [6.07, 6.45) is 4.75. The monoisotopic (exact) mass is 152 g/mol. The van der Waals surface area contributed by atoms with Crippen molar-refractivity contribution in [2.45, 2.75) is 6.92 Å². The Labute approximate surface area is 64.0 Å². The molecule has 0 atom stereocenters. The van der Waals surface area contributed by atoms with E-state index in [-0.39, 0.29) is 0 Å². The van der Waals surface area contributed by atoms with Crippen molar-refractivity contribution in [3.8, 4) is 0 Å². The first-order valence-electron chi connectivity index (χ1n) is 3.04. The predicted molar refractivity (Wildman–Crippen MR) is 44.4 cm³/mol. The van der Waals surface area contributed by atoms with E-state index in [0.29, 0.717) is 0 Å². The number of thiophene rings is 1. The van der Waals surface area contributed by atoms with Gasteiger partial charge in [-0.3, -0.25) is 4.79 Å². The number of rotatable bonds is 2. The molecule has 0 aliphatic heterocycles. The van der Waals surface area contributed by atoms with Crippen molar-refractivity contribution in [2.75, 3.05) is 0 Å². The minimum Gasteiger partial charge on any atom is -0.297 e. The topological polar surface area (TPSA) is 17.1 Å². The van der Waals surface area contributed by atoms with Gasteiger partial charge in [-0.25, -0.2) is 0 Å². The van der Waals surface area contributed by atoms with Gasteiger partial charge < -0.3 is 0 Å². The van der Waals surface area contributed by atoms with Crippen LogP contribution in [0.15, 0.2) is 17.5 Å². The summed E-state index contributed by atoms with van der Waals surface area (Å²) in [5.41, 5.74) is 1.02. The smallest absolute Gasteiger partial charge is 0.160 e. The van der Waals surface area contributed by atoms with Gasteiger partial charge in [0.2, 0.25) is 0 Å². The Kier molecular flexibility index (Phi) is 2.40. The first kappa shape index (κ1) is 7.22. The second-order valence-electron chi connectivity index (χ2n) is 1.86. The summed E-state index contributed by atoms with van der Waals surface area (Å²) in [5, 5.41) is 1.92. The normalized spacial score (nSPS) is 10.5. The van der Waals surface area contributed by atoms with E-state index in [1.807, 2.05) is 30.5 Å². The molecule has 0 radical (unpaired) electrons. The van der Waals surface area contributed by atoms with E-state index in [1.165, 1.54) is 11.3 Å². The van der Waals surface area contributed by atoms with E-state index in [4.69, 9.17) is 0 Å². The number of carbonyl (C=O) groups is 1. The molecule has 1 heterocycles. The molecule has 0 N–H and O–H groups in total. The molecule has 1 nitrogen and oxygen atoms in total. The maximum atomic E-state index is 10.3. The molecule has 0 saturated heterocycles. The predicted octanol–water partition coefficient (Wildman–Crippen LogP) is 2.59. The lowest BCUT2D eigenvalue weighted by atomic mass is 10.2. The number of aldehydes is 1. The molecule has 0 aliphatic rings. The van der Waals surface area contributed by atoms with Crippen LogP contribution in [0.2, 0.25) is 0 Å². The van der Waals surface area contributed by atoms with Gasteiger partial charge in [-0.15, -0.1) is 11.3 Å². The van der Waals surface area contributed by atoms with Gasteiger partial charge in [0, 0.05) is 0 Å². The van der Waals surface area contributed by atoms with Gasteiger partial charge >= 0.3 is 0 Å². The summed E-state index contributed by atoms with van der Waals surface area (Å²) in [6, 6.07) is 1.94. The highest BCUT2D eigenvalue weighted by Crippen LogP contribution is 2.15. The number of hydrogen-bond donors (Lipinski definition) is 0. The highest BCUT2D eigenvalue weighted by atomic mass is 32.1. The van der Waals surface area contributed by atoms with Crippen LogP contribution in [0.3, 0.4) is 0 Å². The third-order valence-electron chi connectivity index (χ3n) is 1.18. The lowest BCUT2D eigenvalue weighted by Gasteiger charge is -1.84. The van der Waals surface area contributed by atoms with Crippen LogP contribution >= 0.6 is 11.3 Å². The lowest BCUT2D eigenvalue weighted by Crippen LogP contribution is -1.73. The van der Waals surface area contributed by atoms with Crippen molar-refractivity contribution in [1.29, 1.82) is 0 Å². The molecule has 0 bridgehead atoms. The quantitative estimate of drug-likeness (QED) is 0.595. The largest absolute Gasteiger partial charge is 0.297 e. The standard InChI is InChI=1S/C8H8OS/c1-2-3-7-4-5-10-8(7)6-9/h2-6H,1H3. The Hall–Kier alpha value is -0.890. The lowest BCUT2D eigenvalue weighted by molar-refractivity contribution is 0.112. The van der Waals surface area contributed by atoms with Crippen LogP contribution in [-0.2, 0) is 0 Å². The Morgan fingerprint density at radius 2 is 2.40 bits per heavy atom. The summed E-state index contributed by atoms with van der Waals surface area (Å²) >= 11 is 1.47. The van der Waals surface area contributed by atoms with Crippen molar-refractivity contribution in [2.24, 2.45) is 0 Å². The Balaban J connectivity index is 3.00. The molecular weight excluding hydrogens is 144 g/mol. The molecular formula is C8H8OS. The van der Waals surface area contributed by atoms with E-state index in [0.717, 1.165) is 16.7 Å². The fourth-order valence-corrected chi connectivity index (χ4v) is 1.43. The Morgan fingerprint density at radius 1 is 1.60 bits per heavy atom. The van der Waals surface area contributed by atoms with Crippen molar-refractivity contribution >= 4 is 23.7 Å². The average molecular weight is 152 g/mol. The van der Waals surface area contributed by atoms with Crippen molar-refractivity contribution in [3.63, 3.8) is 0 Å². The van der Waals surface area contributed by atoms with Gasteiger partial charge in [0.25, 0.3) is 0 Å². The molecule has 0 unspecified atom stereocenters. The maximum absolute atomic E-state index is 10.3. The first-order valence-corrected chi connectivity index (χ1v) is 3.92. The molecule has 52 valence electrons. The summed E-state index contributed by atoms with van der Waals surface area (Å²) in [6.45, 7) is 1.94. The highest BCUT2D eigenvalue weighted by molar-refractivity contribution is 7.11. The highest BCUT2D eigenvalue weighted by Gasteiger charge is 1.96. The van der Waals surface area contributed by atoms with E-state index < -0.39 is 0 Å². The van der Waals surface area contributed by atoms with Crippen LogP contribution in [0.5, 0.6) is 0 Å². The van der Waals surface area contributed by atoms with Gasteiger partial charge in [-0.2, -0.15) is 0 Å². The molecule has 10 heavy (non-hydrogen) atoms. The van der Waals surface area contributed by atoms with Crippen molar-refractivity contribution in [1.82, 2.24) is 0 Å². The van der Waals surface area contributed by atoms with Crippen LogP contribution in [0.25, 0.3) is 6.08 Å². The van der Waals surface area contributed by atoms with Crippen LogP contribution in [0.4, 0.5) is 0 Å². The number of allylic oxidation sites excluding steroid dienone is 1. The van der Waals surface area contributed by atoms with Crippen molar-refractivity contribution < 1.29 is 4.79 Å². The number of carbonyl (C=O) groups excluding carboxylic acids is 1. The van der Waals surface area contributed by atoms with Crippen LogP contribution in [0, 0.1) is 0 Å². The Morgan fingerprint density at radius 3 is 3.00 bits per heavy atom.